The van der Waals surface area contributed by atoms with Crippen molar-refractivity contribution in [1.29, 1.82) is 0 Å². The minimum Gasteiger partial charge on any atom is -0.338 e. The summed E-state index contributed by atoms with van der Waals surface area (Å²) in [5.74, 6) is 0.0270. The summed E-state index contributed by atoms with van der Waals surface area (Å²) in [6.07, 6.45) is 6.01. The van der Waals surface area contributed by atoms with Crippen LogP contribution in [0.4, 0.5) is 4.39 Å². The molecule has 0 spiro atoms. The second-order valence-corrected chi connectivity index (χ2v) is 7.68. The molecule has 0 saturated carbocycles. The van der Waals surface area contributed by atoms with Gasteiger partial charge in [0.1, 0.15) is 5.82 Å². The van der Waals surface area contributed by atoms with Gasteiger partial charge in [0.15, 0.2) is 0 Å². The molecule has 0 N–H and O–H groups in total. The van der Waals surface area contributed by atoms with E-state index in [0.29, 0.717) is 12.1 Å². The second kappa shape index (κ2) is 8.52. The Labute approximate surface area is 170 Å². The predicted octanol–water partition coefficient (Wildman–Crippen LogP) is 4.53. The number of likely N-dealkylation sites (tertiary alicyclic amines) is 1. The van der Waals surface area contributed by atoms with Crippen LogP contribution in [-0.4, -0.2) is 33.9 Å². The average molecular weight is 389 g/mol. The first kappa shape index (κ1) is 19.2. The number of benzene rings is 1. The maximum absolute atomic E-state index is 13.2. The van der Waals surface area contributed by atoms with Gasteiger partial charge in [-0.05, 0) is 73.7 Å². The van der Waals surface area contributed by atoms with E-state index in [4.69, 9.17) is 4.98 Å². The summed E-state index contributed by atoms with van der Waals surface area (Å²) >= 11 is 0. The van der Waals surface area contributed by atoms with Crippen LogP contribution in [0, 0.1) is 12.7 Å². The molecule has 148 valence electrons. The van der Waals surface area contributed by atoms with Crippen LogP contribution in [0.25, 0.3) is 0 Å². The van der Waals surface area contributed by atoms with Crippen molar-refractivity contribution in [2.24, 2.45) is 0 Å². The SMILES string of the molecule is Cc1cc(Cc2ccc(F)cc2)cc(C2CCCN(C(=O)c3cccnc3)C2)n1. The first-order valence-electron chi connectivity index (χ1n) is 10.00. The fourth-order valence-electron chi connectivity index (χ4n) is 3.99. The summed E-state index contributed by atoms with van der Waals surface area (Å²) in [5, 5.41) is 0. The first-order valence-corrected chi connectivity index (χ1v) is 10.00. The van der Waals surface area contributed by atoms with Gasteiger partial charge < -0.3 is 4.90 Å². The molecule has 1 aliphatic heterocycles. The molecule has 29 heavy (non-hydrogen) atoms. The summed E-state index contributed by atoms with van der Waals surface area (Å²) in [7, 11) is 0. The lowest BCUT2D eigenvalue weighted by Crippen LogP contribution is -2.39. The number of hydrogen-bond donors (Lipinski definition) is 0. The molecule has 1 fully saturated rings. The number of piperidine rings is 1. The highest BCUT2D eigenvalue weighted by molar-refractivity contribution is 5.94. The molecule has 0 aliphatic carbocycles. The van der Waals surface area contributed by atoms with E-state index < -0.39 is 0 Å². The van der Waals surface area contributed by atoms with E-state index in [0.717, 1.165) is 48.3 Å². The predicted molar refractivity (Wildman–Crippen MR) is 110 cm³/mol. The Hall–Kier alpha value is -3.08. The molecule has 1 saturated heterocycles. The average Bonchev–Trinajstić information content (AvgIpc) is 2.75. The Morgan fingerprint density at radius 1 is 1.17 bits per heavy atom. The zero-order chi connectivity index (χ0) is 20.2. The third-order valence-corrected chi connectivity index (χ3v) is 5.39. The molecule has 5 heteroatoms. The fraction of sp³-hybridized carbons (Fsp3) is 0.292. The maximum Gasteiger partial charge on any atom is 0.255 e. The minimum absolute atomic E-state index is 0.0296. The van der Waals surface area contributed by atoms with Gasteiger partial charge in [0.25, 0.3) is 5.91 Å². The molecule has 3 aromatic rings. The highest BCUT2D eigenvalue weighted by Crippen LogP contribution is 2.28. The van der Waals surface area contributed by atoms with Gasteiger partial charge in [0, 0.05) is 42.8 Å². The van der Waals surface area contributed by atoms with Crippen LogP contribution >= 0.6 is 0 Å². The van der Waals surface area contributed by atoms with Crippen LogP contribution in [0.2, 0.25) is 0 Å². The molecule has 0 bridgehead atoms. The maximum atomic E-state index is 13.2. The number of nitrogens with zero attached hydrogens (tertiary/aromatic N) is 3. The van der Waals surface area contributed by atoms with Crippen molar-refractivity contribution in [3.05, 3.63) is 94.8 Å². The minimum atomic E-state index is -0.221. The van der Waals surface area contributed by atoms with Gasteiger partial charge in [0.2, 0.25) is 0 Å². The molecule has 0 radical (unpaired) electrons. The highest BCUT2D eigenvalue weighted by Gasteiger charge is 2.26. The summed E-state index contributed by atoms with van der Waals surface area (Å²) < 4.78 is 13.2. The Bertz CT molecular complexity index is 989. The third kappa shape index (κ3) is 4.67. The molecule has 4 rings (SSSR count). The molecule has 1 amide bonds. The van der Waals surface area contributed by atoms with Crippen molar-refractivity contribution in [3.8, 4) is 0 Å². The molecule has 1 aromatic carbocycles. The normalized spacial score (nSPS) is 16.6. The topological polar surface area (TPSA) is 46.1 Å². The van der Waals surface area contributed by atoms with Gasteiger partial charge in [-0.2, -0.15) is 0 Å². The van der Waals surface area contributed by atoms with Crippen LogP contribution in [0.15, 0.2) is 60.9 Å². The lowest BCUT2D eigenvalue weighted by Gasteiger charge is -2.32. The lowest BCUT2D eigenvalue weighted by molar-refractivity contribution is 0.0705. The van der Waals surface area contributed by atoms with Crippen LogP contribution in [0.5, 0.6) is 0 Å². The number of aromatic nitrogens is 2. The van der Waals surface area contributed by atoms with E-state index in [1.807, 2.05) is 30.0 Å². The van der Waals surface area contributed by atoms with Crippen molar-refractivity contribution >= 4 is 5.91 Å². The largest absolute Gasteiger partial charge is 0.338 e. The van der Waals surface area contributed by atoms with Gasteiger partial charge in [-0.25, -0.2) is 4.39 Å². The quantitative estimate of drug-likeness (QED) is 0.658. The number of carbonyl (C=O) groups is 1. The molecular weight excluding hydrogens is 365 g/mol. The number of halogens is 1. The van der Waals surface area contributed by atoms with Crippen LogP contribution in [0.1, 0.15) is 51.6 Å². The monoisotopic (exact) mass is 389 g/mol. The second-order valence-electron chi connectivity index (χ2n) is 7.68. The molecule has 1 aliphatic rings. The molecular formula is C24H24FN3O. The van der Waals surface area contributed by atoms with Crippen LogP contribution < -0.4 is 0 Å². The van der Waals surface area contributed by atoms with Crippen molar-refractivity contribution in [3.63, 3.8) is 0 Å². The van der Waals surface area contributed by atoms with Crippen molar-refractivity contribution in [2.75, 3.05) is 13.1 Å². The number of carbonyl (C=O) groups excluding carboxylic acids is 1. The number of amides is 1. The Kier molecular flexibility index (Phi) is 5.65. The Morgan fingerprint density at radius 3 is 2.76 bits per heavy atom. The van der Waals surface area contributed by atoms with Gasteiger partial charge in [-0.1, -0.05) is 12.1 Å². The molecule has 1 unspecified atom stereocenters. The van der Waals surface area contributed by atoms with E-state index in [1.54, 1.807) is 18.5 Å². The van der Waals surface area contributed by atoms with Crippen molar-refractivity contribution in [1.82, 2.24) is 14.9 Å². The van der Waals surface area contributed by atoms with Crippen LogP contribution in [-0.2, 0) is 6.42 Å². The molecule has 2 aromatic heterocycles. The van der Waals surface area contributed by atoms with Gasteiger partial charge >= 0.3 is 0 Å². The van der Waals surface area contributed by atoms with E-state index in [9.17, 15) is 9.18 Å². The number of aryl methyl sites for hydroxylation is 1. The Balaban J connectivity index is 1.52. The first-order chi connectivity index (χ1) is 14.1. The molecule has 3 heterocycles. The van der Waals surface area contributed by atoms with E-state index in [1.165, 1.54) is 12.1 Å². The number of pyridine rings is 2. The molecule has 1 atom stereocenters. The van der Waals surface area contributed by atoms with Crippen LogP contribution in [0.3, 0.4) is 0 Å². The van der Waals surface area contributed by atoms with Gasteiger partial charge in [0.05, 0.1) is 5.56 Å². The van der Waals surface area contributed by atoms with E-state index >= 15 is 0 Å². The van der Waals surface area contributed by atoms with Gasteiger partial charge in [-0.15, -0.1) is 0 Å². The van der Waals surface area contributed by atoms with E-state index in [2.05, 4.69) is 17.1 Å². The summed E-state index contributed by atoms with van der Waals surface area (Å²) in [4.78, 5) is 23.6. The van der Waals surface area contributed by atoms with E-state index in [-0.39, 0.29) is 17.6 Å². The lowest BCUT2D eigenvalue weighted by atomic mass is 9.92. The Morgan fingerprint density at radius 2 is 2.00 bits per heavy atom. The molecule has 4 nitrogen and oxygen atoms in total. The fourth-order valence-corrected chi connectivity index (χ4v) is 3.99. The van der Waals surface area contributed by atoms with Crippen molar-refractivity contribution in [2.45, 2.75) is 32.1 Å². The smallest absolute Gasteiger partial charge is 0.255 e. The number of rotatable bonds is 4. The van der Waals surface area contributed by atoms with Crippen molar-refractivity contribution < 1.29 is 9.18 Å². The standard InChI is InChI=1S/C24H24FN3O/c1-17-12-19(13-18-6-8-22(25)9-7-18)14-23(27-17)21-5-3-11-28(16-21)24(29)20-4-2-10-26-15-20/h2,4,6-10,12,14-15,21H,3,5,11,13,16H2,1H3. The third-order valence-electron chi connectivity index (χ3n) is 5.39. The summed E-state index contributed by atoms with van der Waals surface area (Å²) in [5.41, 5.74) is 4.86. The zero-order valence-corrected chi connectivity index (χ0v) is 16.5. The number of hydrogen-bond acceptors (Lipinski definition) is 3. The van der Waals surface area contributed by atoms with Gasteiger partial charge in [-0.3, -0.25) is 14.8 Å². The zero-order valence-electron chi connectivity index (χ0n) is 16.5. The highest BCUT2D eigenvalue weighted by atomic mass is 19.1. The summed E-state index contributed by atoms with van der Waals surface area (Å²) in [6.45, 7) is 3.43. The summed E-state index contributed by atoms with van der Waals surface area (Å²) in [6, 6.07) is 14.4.